The van der Waals surface area contributed by atoms with Crippen LogP contribution in [0.1, 0.15) is 29.2 Å². The van der Waals surface area contributed by atoms with Gasteiger partial charge in [0.2, 0.25) is 5.95 Å². The fraction of sp³-hybridized carbons (Fsp3) is 0.320. The number of aliphatic hydroxyl groups is 1. The van der Waals surface area contributed by atoms with Crippen LogP contribution in [0.2, 0.25) is 0 Å². The molecule has 0 bridgehead atoms. The minimum Gasteiger partial charge on any atom is -0.395 e. The average molecular weight is 427 g/mol. The number of hydrogen-bond donors (Lipinski definition) is 3. The van der Waals surface area contributed by atoms with Crippen molar-refractivity contribution in [1.29, 1.82) is 5.26 Å². The van der Waals surface area contributed by atoms with Gasteiger partial charge in [-0.15, -0.1) is 0 Å². The Morgan fingerprint density at radius 1 is 1.25 bits per heavy atom. The van der Waals surface area contributed by atoms with Gasteiger partial charge in [0.15, 0.2) is 0 Å². The molecule has 7 nitrogen and oxygen atoms in total. The van der Waals surface area contributed by atoms with Crippen LogP contribution < -0.4 is 10.6 Å². The SMILES string of the molecule is CN1CCc2ccc(Nc3nccc(-c4cc(C#N)c5c(c4)[C@@](C)(CO)CN5)n3)cc2C1. The first-order chi connectivity index (χ1) is 15.5. The summed E-state index contributed by atoms with van der Waals surface area (Å²) in [6, 6.07) is 14.4. The Kier molecular flexibility index (Phi) is 5.04. The molecule has 0 radical (unpaired) electrons. The smallest absolute Gasteiger partial charge is 0.227 e. The molecule has 0 saturated carbocycles. The number of anilines is 3. The number of aliphatic hydroxyl groups excluding tert-OH is 1. The molecule has 1 atom stereocenters. The van der Waals surface area contributed by atoms with Crippen LogP contribution in [-0.4, -0.2) is 46.7 Å². The molecule has 7 heteroatoms. The zero-order valence-corrected chi connectivity index (χ0v) is 18.3. The van der Waals surface area contributed by atoms with Crippen molar-refractivity contribution in [2.75, 3.05) is 37.4 Å². The largest absolute Gasteiger partial charge is 0.395 e. The third kappa shape index (κ3) is 3.58. The zero-order chi connectivity index (χ0) is 22.3. The van der Waals surface area contributed by atoms with Gasteiger partial charge in [-0.1, -0.05) is 13.0 Å². The number of nitrogens with one attached hydrogen (secondary N) is 2. The maximum Gasteiger partial charge on any atom is 0.227 e. The van der Waals surface area contributed by atoms with Gasteiger partial charge in [0.1, 0.15) is 6.07 Å². The van der Waals surface area contributed by atoms with Crippen molar-refractivity contribution in [2.45, 2.75) is 25.3 Å². The third-order valence-corrected chi connectivity index (χ3v) is 6.53. The molecule has 3 aromatic rings. The third-order valence-electron chi connectivity index (χ3n) is 6.53. The number of nitriles is 1. The van der Waals surface area contributed by atoms with E-state index in [9.17, 15) is 10.4 Å². The summed E-state index contributed by atoms with van der Waals surface area (Å²) in [4.78, 5) is 11.4. The highest BCUT2D eigenvalue weighted by atomic mass is 16.3. The minimum atomic E-state index is -0.429. The van der Waals surface area contributed by atoms with Crippen molar-refractivity contribution in [3.05, 3.63) is 64.8 Å². The van der Waals surface area contributed by atoms with E-state index in [0.717, 1.165) is 47.7 Å². The van der Waals surface area contributed by atoms with Crippen LogP contribution in [0.25, 0.3) is 11.3 Å². The van der Waals surface area contributed by atoms with E-state index in [0.29, 0.717) is 18.1 Å². The van der Waals surface area contributed by atoms with E-state index in [2.05, 4.69) is 51.8 Å². The summed E-state index contributed by atoms with van der Waals surface area (Å²) in [5.74, 6) is 0.508. The summed E-state index contributed by atoms with van der Waals surface area (Å²) in [5.41, 5.74) is 7.12. The number of nitrogens with zero attached hydrogens (tertiary/aromatic N) is 4. The molecular weight excluding hydrogens is 400 g/mol. The van der Waals surface area contributed by atoms with Gasteiger partial charge in [0.25, 0.3) is 0 Å². The lowest BCUT2D eigenvalue weighted by molar-refractivity contribution is 0.219. The lowest BCUT2D eigenvalue weighted by atomic mass is 9.83. The van der Waals surface area contributed by atoms with E-state index in [-0.39, 0.29) is 6.61 Å². The number of aromatic nitrogens is 2. The first-order valence-corrected chi connectivity index (χ1v) is 10.8. The number of rotatable bonds is 4. The molecule has 0 amide bonds. The summed E-state index contributed by atoms with van der Waals surface area (Å²) in [5, 5.41) is 26.2. The van der Waals surface area contributed by atoms with E-state index in [1.54, 1.807) is 6.20 Å². The Morgan fingerprint density at radius 3 is 2.94 bits per heavy atom. The van der Waals surface area contributed by atoms with E-state index in [4.69, 9.17) is 4.98 Å². The van der Waals surface area contributed by atoms with Crippen molar-refractivity contribution in [1.82, 2.24) is 14.9 Å². The fourth-order valence-corrected chi connectivity index (χ4v) is 4.55. The summed E-state index contributed by atoms with van der Waals surface area (Å²) >= 11 is 0. The molecule has 2 aromatic carbocycles. The van der Waals surface area contributed by atoms with E-state index in [1.165, 1.54) is 11.1 Å². The highest BCUT2D eigenvalue weighted by Crippen LogP contribution is 2.41. The average Bonchev–Trinajstić information content (AvgIpc) is 3.15. The normalized spacial score (nSPS) is 19.6. The van der Waals surface area contributed by atoms with E-state index in [1.807, 2.05) is 25.1 Å². The predicted molar refractivity (Wildman–Crippen MR) is 125 cm³/mol. The molecule has 3 heterocycles. The lowest BCUT2D eigenvalue weighted by Gasteiger charge is -2.25. The van der Waals surface area contributed by atoms with Crippen molar-refractivity contribution >= 4 is 17.3 Å². The predicted octanol–water partition coefficient (Wildman–Crippen LogP) is 3.42. The molecule has 5 rings (SSSR count). The first kappa shape index (κ1) is 20.4. The topological polar surface area (TPSA) is 97.1 Å². The van der Waals surface area contributed by atoms with Crippen LogP contribution in [0.5, 0.6) is 0 Å². The first-order valence-electron chi connectivity index (χ1n) is 10.8. The van der Waals surface area contributed by atoms with Crippen LogP contribution >= 0.6 is 0 Å². The Bertz CT molecular complexity index is 1230. The summed E-state index contributed by atoms with van der Waals surface area (Å²) in [6.07, 6.45) is 2.79. The maximum atomic E-state index is 9.94. The number of benzene rings is 2. The number of fused-ring (bicyclic) bond motifs is 2. The Hall–Kier alpha value is -3.47. The molecule has 2 aliphatic rings. The number of hydrogen-bond acceptors (Lipinski definition) is 7. The summed E-state index contributed by atoms with van der Waals surface area (Å²) in [7, 11) is 2.14. The van der Waals surface area contributed by atoms with Crippen molar-refractivity contribution < 1.29 is 5.11 Å². The molecule has 3 N–H and O–H groups in total. The molecule has 32 heavy (non-hydrogen) atoms. The highest BCUT2D eigenvalue weighted by molar-refractivity contribution is 5.76. The van der Waals surface area contributed by atoms with Gasteiger partial charge in [-0.25, -0.2) is 9.97 Å². The Labute approximate surface area is 187 Å². The van der Waals surface area contributed by atoms with Crippen molar-refractivity contribution in [3.8, 4) is 17.3 Å². The quantitative estimate of drug-likeness (QED) is 0.588. The number of likely N-dealkylation sites (N-methyl/N-ethyl adjacent to an activating group) is 1. The van der Waals surface area contributed by atoms with E-state index < -0.39 is 5.41 Å². The molecule has 0 unspecified atom stereocenters. The summed E-state index contributed by atoms with van der Waals surface area (Å²) < 4.78 is 0. The van der Waals surface area contributed by atoms with Gasteiger partial charge in [0.05, 0.1) is 23.6 Å². The second kappa shape index (κ2) is 7.90. The van der Waals surface area contributed by atoms with Gasteiger partial charge < -0.3 is 20.6 Å². The maximum absolute atomic E-state index is 9.94. The molecule has 2 aliphatic heterocycles. The van der Waals surface area contributed by atoms with Crippen LogP contribution in [0.15, 0.2) is 42.6 Å². The zero-order valence-electron chi connectivity index (χ0n) is 18.3. The second-order valence-corrected chi connectivity index (χ2v) is 8.99. The molecule has 1 aromatic heterocycles. The van der Waals surface area contributed by atoms with Crippen LogP contribution in [0.3, 0.4) is 0 Å². The van der Waals surface area contributed by atoms with Crippen LogP contribution in [0, 0.1) is 11.3 Å². The van der Waals surface area contributed by atoms with Gasteiger partial charge in [-0.2, -0.15) is 5.26 Å². The van der Waals surface area contributed by atoms with Crippen LogP contribution in [-0.2, 0) is 18.4 Å². The second-order valence-electron chi connectivity index (χ2n) is 8.99. The van der Waals surface area contributed by atoms with Gasteiger partial charge in [0, 0.05) is 42.5 Å². The molecule has 0 fully saturated rings. The minimum absolute atomic E-state index is 0.00538. The molecular formula is C25H26N6O. The van der Waals surface area contributed by atoms with Crippen LogP contribution in [0.4, 0.5) is 17.3 Å². The molecule has 0 saturated heterocycles. The van der Waals surface area contributed by atoms with Crippen molar-refractivity contribution in [2.24, 2.45) is 0 Å². The molecule has 0 aliphatic carbocycles. The Morgan fingerprint density at radius 2 is 2.12 bits per heavy atom. The molecule has 162 valence electrons. The fourth-order valence-electron chi connectivity index (χ4n) is 4.55. The highest BCUT2D eigenvalue weighted by Gasteiger charge is 2.36. The lowest BCUT2D eigenvalue weighted by Crippen LogP contribution is -2.28. The Balaban J connectivity index is 1.47. The van der Waals surface area contributed by atoms with Gasteiger partial charge >= 0.3 is 0 Å². The van der Waals surface area contributed by atoms with E-state index >= 15 is 0 Å². The van der Waals surface area contributed by atoms with Crippen molar-refractivity contribution in [3.63, 3.8) is 0 Å². The van der Waals surface area contributed by atoms with Gasteiger partial charge in [-0.3, -0.25) is 0 Å². The monoisotopic (exact) mass is 426 g/mol. The standard InChI is InChI=1S/C25H26N6O/c1-25(15-32)14-28-23-18(12-26)9-17(11-21(23)25)22-5-7-27-24(30-22)29-20-4-3-16-6-8-31(2)13-19(16)10-20/h3-5,7,9-11,28,32H,6,8,13-15H2,1-2H3,(H,27,29,30)/t25-/m1/s1. The molecule has 0 spiro atoms. The van der Waals surface area contributed by atoms with Gasteiger partial charge in [-0.05, 0) is 60.5 Å². The summed E-state index contributed by atoms with van der Waals surface area (Å²) in [6.45, 7) is 4.63.